The predicted octanol–water partition coefficient (Wildman–Crippen LogP) is 0.362. The molecule has 0 bridgehead atoms. The van der Waals surface area contributed by atoms with Crippen molar-refractivity contribution in [3.63, 3.8) is 0 Å². The normalized spacial score (nSPS) is 20.4. The molecule has 18 heavy (non-hydrogen) atoms. The topological polar surface area (TPSA) is 94.6 Å². The number of furan rings is 1. The van der Waals surface area contributed by atoms with Crippen LogP contribution in [0.3, 0.4) is 0 Å². The van der Waals surface area contributed by atoms with Gasteiger partial charge in [-0.2, -0.15) is 0 Å². The minimum atomic E-state index is -3.52. The summed E-state index contributed by atoms with van der Waals surface area (Å²) in [5, 5.41) is 0. The third-order valence-electron chi connectivity index (χ3n) is 3.00. The molecule has 1 aromatic heterocycles. The van der Waals surface area contributed by atoms with Gasteiger partial charge in [0.05, 0.1) is 13.2 Å². The van der Waals surface area contributed by atoms with Crippen molar-refractivity contribution in [1.29, 1.82) is 0 Å². The molecular weight excluding hydrogens is 256 g/mol. The zero-order valence-corrected chi connectivity index (χ0v) is 11.1. The van der Waals surface area contributed by atoms with Crippen molar-refractivity contribution in [3.05, 3.63) is 17.6 Å². The first-order valence-electron chi connectivity index (χ1n) is 5.89. The van der Waals surface area contributed by atoms with Crippen LogP contribution in [0.15, 0.2) is 15.4 Å². The number of hydrogen-bond acceptors (Lipinski definition) is 5. The number of ether oxygens (including phenoxy) is 1. The molecule has 1 aliphatic heterocycles. The number of nitrogens with one attached hydrogen (secondary N) is 1. The van der Waals surface area contributed by atoms with Crippen molar-refractivity contribution in [2.24, 2.45) is 11.7 Å². The van der Waals surface area contributed by atoms with Gasteiger partial charge in [0.25, 0.3) is 0 Å². The minimum Gasteiger partial charge on any atom is -0.464 e. The molecule has 6 nitrogen and oxygen atoms in total. The summed E-state index contributed by atoms with van der Waals surface area (Å²) in [6, 6.07) is 1.48. The SMILES string of the molecule is Cc1oc(CN)cc1S(=O)(=O)NCC1CCOC1. The Hall–Kier alpha value is -0.890. The first kappa shape index (κ1) is 13.5. The van der Waals surface area contributed by atoms with Crippen LogP contribution in [0.25, 0.3) is 0 Å². The molecule has 1 saturated heterocycles. The average molecular weight is 274 g/mol. The van der Waals surface area contributed by atoms with E-state index in [1.54, 1.807) is 6.92 Å². The second-order valence-electron chi connectivity index (χ2n) is 4.42. The zero-order chi connectivity index (χ0) is 13.2. The van der Waals surface area contributed by atoms with Gasteiger partial charge in [-0.3, -0.25) is 0 Å². The van der Waals surface area contributed by atoms with Crippen molar-refractivity contribution in [3.8, 4) is 0 Å². The molecule has 0 aromatic carbocycles. The second-order valence-corrected chi connectivity index (χ2v) is 6.15. The molecule has 0 amide bonds. The molecule has 1 fully saturated rings. The molecule has 1 aliphatic rings. The van der Waals surface area contributed by atoms with E-state index in [0.29, 0.717) is 31.3 Å². The summed E-state index contributed by atoms with van der Waals surface area (Å²) in [6.45, 7) is 3.51. The van der Waals surface area contributed by atoms with Gasteiger partial charge in [-0.25, -0.2) is 13.1 Å². The fraction of sp³-hybridized carbons (Fsp3) is 0.636. The highest BCUT2D eigenvalue weighted by molar-refractivity contribution is 7.89. The lowest BCUT2D eigenvalue weighted by atomic mass is 10.1. The predicted molar refractivity (Wildman–Crippen MR) is 65.5 cm³/mol. The standard InChI is InChI=1S/C11H18N2O4S/c1-8-11(4-10(5-12)17-8)18(14,15)13-6-9-2-3-16-7-9/h4,9,13H,2-3,5-7,12H2,1H3. The first-order valence-corrected chi connectivity index (χ1v) is 7.38. The van der Waals surface area contributed by atoms with Crippen molar-refractivity contribution >= 4 is 10.0 Å². The average Bonchev–Trinajstić information content (AvgIpc) is 2.95. The summed E-state index contributed by atoms with van der Waals surface area (Å²) in [5.74, 6) is 1.09. The van der Waals surface area contributed by atoms with Gasteiger partial charge in [0, 0.05) is 19.2 Å². The van der Waals surface area contributed by atoms with Crippen molar-refractivity contribution < 1.29 is 17.6 Å². The van der Waals surface area contributed by atoms with E-state index in [9.17, 15) is 8.42 Å². The lowest BCUT2D eigenvalue weighted by Gasteiger charge is -2.09. The monoisotopic (exact) mass is 274 g/mol. The minimum absolute atomic E-state index is 0.168. The fourth-order valence-corrected chi connectivity index (χ4v) is 3.26. The molecule has 0 saturated carbocycles. The van der Waals surface area contributed by atoms with Crippen LogP contribution in [0.4, 0.5) is 0 Å². The Morgan fingerprint density at radius 3 is 2.89 bits per heavy atom. The van der Waals surface area contributed by atoms with E-state index in [-0.39, 0.29) is 17.4 Å². The van der Waals surface area contributed by atoms with Gasteiger partial charge in [0.2, 0.25) is 10.0 Å². The Morgan fingerprint density at radius 2 is 2.33 bits per heavy atom. The van der Waals surface area contributed by atoms with Crippen LogP contribution in [0.1, 0.15) is 17.9 Å². The Bertz CT molecular complexity index is 503. The number of aryl methyl sites for hydroxylation is 1. The van der Waals surface area contributed by atoms with Crippen LogP contribution in [-0.4, -0.2) is 28.2 Å². The molecule has 2 rings (SSSR count). The van der Waals surface area contributed by atoms with Gasteiger partial charge in [-0.15, -0.1) is 0 Å². The van der Waals surface area contributed by atoms with Gasteiger partial charge in [-0.1, -0.05) is 0 Å². The Labute approximate surface area is 107 Å². The van der Waals surface area contributed by atoms with E-state index in [1.165, 1.54) is 6.07 Å². The van der Waals surface area contributed by atoms with E-state index >= 15 is 0 Å². The Kier molecular flexibility index (Phi) is 4.06. The van der Waals surface area contributed by atoms with Crippen LogP contribution in [0.5, 0.6) is 0 Å². The number of hydrogen-bond donors (Lipinski definition) is 2. The number of rotatable bonds is 5. The molecule has 0 spiro atoms. The lowest BCUT2D eigenvalue weighted by molar-refractivity contribution is 0.186. The van der Waals surface area contributed by atoms with Crippen molar-refractivity contribution in [2.75, 3.05) is 19.8 Å². The van der Waals surface area contributed by atoms with Gasteiger partial charge in [0.15, 0.2) is 0 Å². The maximum atomic E-state index is 12.1. The van der Waals surface area contributed by atoms with Crippen LogP contribution in [0, 0.1) is 12.8 Å². The highest BCUT2D eigenvalue weighted by atomic mass is 32.2. The van der Waals surface area contributed by atoms with Crippen LogP contribution >= 0.6 is 0 Å². The summed E-state index contributed by atoms with van der Waals surface area (Å²) in [4.78, 5) is 0.168. The van der Waals surface area contributed by atoms with Gasteiger partial charge in [0.1, 0.15) is 16.4 Å². The highest BCUT2D eigenvalue weighted by Crippen LogP contribution is 2.20. The summed E-state index contributed by atoms with van der Waals surface area (Å²) in [7, 11) is -3.52. The van der Waals surface area contributed by atoms with E-state index in [4.69, 9.17) is 14.9 Å². The van der Waals surface area contributed by atoms with Crippen molar-refractivity contribution in [1.82, 2.24) is 4.72 Å². The van der Waals surface area contributed by atoms with Gasteiger partial charge in [-0.05, 0) is 19.3 Å². The molecule has 2 heterocycles. The maximum Gasteiger partial charge on any atom is 0.244 e. The van der Waals surface area contributed by atoms with Crippen molar-refractivity contribution in [2.45, 2.75) is 24.8 Å². The molecule has 1 aromatic rings. The first-order chi connectivity index (χ1) is 8.53. The molecule has 3 N–H and O–H groups in total. The molecule has 102 valence electrons. The van der Waals surface area contributed by atoms with Gasteiger partial charge < -0.3 is 14.9 Å². The molecular formula is C11H18N2O4S. The van der Waals surface area contributed by atoms with E-state index in [1.807, 2.05) is 0 Å². The molecule has 1 unspecified atom stereocenters. The zero-order valence-electron chi connectivity index (χ0n) is 10.3. The molecule has 0 radical (unpaired) electrons. The quantitative estimate of drug-likeness (QED) is 0.808. The highest BCUT2D eigenvalue weighted by Gasteiger charge is 2.23. The summed E-state index contributed by atoms with van der Waals surface area (Å²) < 4.78 is 37.2. The smallest absolute Gasteiger partial charge is 0.244 e. The number of nitrogens with two attached hydrogens (primary N) is 1. The van der Waals surface area contributed by atoms with E-state index < -0.39 is 10.0 Å². The third-order valence-corrected chi connectivity index (χ3v) is 4.53. The summed E-state index contributed by atoms with van der Waals surface area (Å²) >= 11 is 0. The Balaban J connectivity index is 2.06. The molecule has 7 heteroatoms. The van der Waals surface area contributed by atoms with Gasteiger partial charge >= 0.3 is 0 Å². The van der Waals surface area contributed by atoms with E-state index in [2.05, 4.69) is 4.72 Å². The molecule has 1 atom stereocenters. The second kappa shape index (κ2) is 5.40. The lowest BCUT2D eigenvalue weighted by Crippen LogP contribution is -2.29. The molecule has 0 aliphatic carbocycles. The Morgan fingerprint density at radius 1 is 1.56 bits per heavy atom. The maximum absolute atomic E-state index is 12.1. The summed E-state index contributed by atoms with van der Waals surface area (Å²) in [6.07, 6.45) is 0.890. The van der Waals surface area contributed by atoms with Crippen LogP contribution in [0.2, 0.25) is 0 Å². The number of sulfonamides is 1. The third kappa shape index (κ3) is 2.92. The van der Waals surface area contributed by atoms with Crippen LogP contribution < -0.4 is 10.5 Å². The van der Waals surface area contributed by atoms with E-state index in [0.717, 1.165) is 6.42 Å². The van der Waals surface area contributed by atoms with Crippen LogP contribution in [-0.2, 0) is 21.3 Å². The summed E-state index contributed by atoms with van der Waals surface area (Å²) in [5.41, 5.74) is 5.42. The fourth-order valence-electron chi connectivity index (χ4n) is 1.94. The largest absolute Gasteiger partial charge is 0.464 e.